The first-order chi connectivity index (χ1) is 13.6. The van der Waals surface area contributed by atoms with Gasteiger partial charge in [0, 0.05) is 42.9 Å². The van der Waals surface area contributed by atoms with Gasteiger partial charge in [-0.1, -0.05) is 35.9 Å². The third kappa shape index (κ3) is 3.78. The Hall–Kier alpha value is -2.72. The van der Waals surface area contributed by atoms with Crippen LogP contribution in [0.15, 0.2) is 60.8 Å². The zero-order valence-electron chi connectivity index (χ0n) is 15.8. The number of carbonyl (C=O) groups excluding carboxylic acids is 1. The summed E-state index contributed by atoms with van der Waals surface area (Å²) >= 11 is 6.42. The molecule has 1 aromatic carbocycles. The zero-order valence-corrected chi connectivity index (χ0v) is 16.6. The van der Waals surface area contributed by atoms with E-state index in [4.69, 9.17) is 11.6 Å². The van der Waals surface area contributed by atoms with Gasteiger partial charge in [-0.2, -0.15) is 0 Å². The molecule has 1 fully saturated rings. The molecule has 2 aromatic heterocycles. The van der Waals surface area contributed by atoms with Crippen molar-refractivity contribution in [2.24, 2.45) is 0 Å². The number of hydrogen-bond acceptors (Lipinski definition) is 4. The molecule has 5 heteroatoms. The monoisotopic (exact) mass is 393 g/mol. The number of aryl methyl sites for hydroxylation is 1. The Bertz CT molecular complexity index is 1010. The molecule has 3 heterocycles. The van der Waals surface area contributed by atoms with Gasteiger partial charge in [0.05, 0.1) is 0 Å². The zero-order chi connectivity index (χ0) is 19.5. The number of halogens is 1. The van der Waals surface area contributed by atoms with Crippen LogP contribution in [-0.4, -0.2) is 28.8 Å². The highest BCUT2D eigenvalue weighted by Gasteiger charge is 2.24. The van der Waals surface area contributed by atoms with Crippen LogP contribution in [0.4, 0.5) is 5.82 Å². The van der Waals surface area contributed by atoms with Crippen molar-refractivity contribution in [1.29, 1.82) is 0 Å². The maximum Gasteiger partial charge on any atom is 0.213 e. The highest BCUT2D eigenvalue weighted by molar-refractivity contribution is 6.31. The number of anilines is 1. The van der Waals surface area contributed by atoms with Crippen LogP contribution >= 0.6 is 11.6 Å². The van der Waals surface area contributed by atoms with Crippen molar-refractivity contribution in [3.8, 4) is 0 Å². The van der Waals surface area contributed by atoms with Crippen LogP contribution in [0.2, 0.25) is 5.02 Å². The third-order valence-electron chi connectivity index (χ3n) is 5.31. The topological polar surface area (TPSA) is 46.1 Å². The first kappa shape index (κ1) is 18.6. The van der Waals surface area contributed by atoms with Crippen LogP contribution in [-0.2, 0) is 0 Å². The number of piperidine rings is 1. The van der Waals surface area contributed by atoms with E-state index in [1.54, 1.807) is 24.4 Å². The fourth-order valence-corrected chi connectivity index (χ4v) is 4.12. The maximum absolute atomic E-state index is 12.9. The van der Waals surface area contributed by atoms with Crippen LogP contribution in [0.3, 0.4) is 0 Å². The van der Waals surface area contributed by atoms with E-state index in [0.717, 1.165) is 42.5 Å². The molecular weight excluding hydrogens is 370 g/mol. The summed E-state index contributed by atoms with van der Waals surface area (Å²) in [4.78, 5) is 24.0. The SMILES string of the molecule is Cc1ncccc1C(=O)c1cccc(N2CCCC(c3ccccc3Cl)C2)n1.[HH]. The van der Waals surface area contributed by atoms with Gasteiger partial charge in [-0.3, -0.25) is 9.78 Å². The van der Waals surface area contributed by atoms with Crippen molar-refractivity contribution in [3.05, 3.63) is 88.3 Å². The molecule has 1 unspecified atom stereocenters. The lowest BCUT2D eigenvalue weighted by atomic mass is 9.90. The largest absolute Gasteiger partial charge is 0.356 e. The Balaban J connectivity index is 0.00000240. The third-order valence-corrected chi connectivity index (χ3v) is 5.65. The van der Waals surface area contributed by atoms with E-state index < -0.39 is 0 Å². The quantitative estimate of drug-likeness (QED) is 0.564. The van der Waals surface area contributed by atoms with Gasteiger partial charge < -0.3 is 4.90 Å². The molecule has 0 N–H and O–H groups in total. The molecule has 0 spiro atoms. The van der Waals surface area contributed by atoms with E-state index in [1.807, 2.05) is 37.3 Å². The molecule has 0 radical (unpaired) electrons. The minimum Gasteiger partial charge on any atom is -0.356 e. The predicted octanol–water partition coefficient (Wildman–Crippen LogP) is 5.30. The highest BCUT2D eigenvalue weighted by atomic mass is 35.5. The van der Waals surface area contributed by atoms with Crippen LogP contribution in [0, 0.1) is 6.92 Å². The highest BCUT2D eigenvalue weighted by Crippen LogP contribution is 2.33. The summed E-state index contributed by atoms with van der Waals surface area (Å²) in [7, 11) is 0. The number of hydrogen-bond donors (Lipinski definition) is 0. The van der Waals surface area contributed by atoms with Gasteiger partial charge in [-0.25, -0.2) is 4.98 Å². The van der Waals surface area contributed by atoms with Gasteiger partial charge >= 0.3 is 0 Å². The molecule has 3 aromatic rings. The second-order valence-corrected chi connectivity index (χ2v) is 7.56. The summed E-state index contributed by atoms with van der Waals surface area (Å²) < 4.78 is 0. The summed E-state index contributed by atoms with van der Waals surface area (Å²) in [6.07, 6.45) is 3.86. The molecule has 1 atom stereocenters. The van der Waals surface area contributed by atoms with E-state index in [9.17, 15) is 4.79 Å². The summed E-state index contributed by atoms with van der Waals surface area (Å²) in [5, 5.41) is 0.818. The lowest BCUT2D eigenvalue weighted by molar-refractivity contribution is 0.103. The second-order valence-electron chi connectivity index (χ2n) is 7.15. The number of pyridine rings is 2. The summed E-state index contributed by atoms with van der Waals surface area (Å²) in [6, 6.07) is 17.3. The normalized spacial score (nSPS) is 16.8. The van der Waals surface area contributed by atoms with Crippen molar-refractivity contribution in [2.45, 2.75) is 25.7 Å². The lowest BCUT2D eigenvalue weighted by Crippen LogP contribution is -2.35. The molecule has 144 valence electrons. The average Bonchev–Trinajstić information content (AvgIpc) is 2.74. The molecule has 4 rings (SSSR count). The molecule has 0 saturated carbocycles. The molecule has 0 bridgehead atoms. The van der Waals surface area contributed by atoms with E-state index >= 15 is 0 Å². The van der Waals surface area contributed by atoms with Gasteiger partial charge in [-0.05, 0) is 55.7 Å². The standard InChI is InChI=1S/C23H22ClN3O.H2/c1-16-18(9-5-13-25-16)23(28)21-11-4-12-22(26-21)27-14-6-7-17(15-27)19-8-2-3-10-20(19)24;/h2-5,8-13,17H,6-7,14-15H2,1H3;1H. The molecule has 0 amide bonds. The minimum atomic E-state index is -0.0906. The van der Waals surface area contributed by atoms with Gasteiger partial charge in [0.2, 0.25) is 5.78 Å². The molecule has 28 heavy (non-hydrogen) atoms. The number of benzene rings is 1. The van der Waals surface area contributed by atoms with Gasteiger partial charge in [0.25, 0.3) is 0 Å². The first-order valence-electron chi connectivity index (χ1n) is 9.56. The maximum atomic E-state index is 12.9. The summed E-state index contributed by atoms with van der Waals surface area (Å²) in [5.74, 6) is 1.11. The Morgan fingerprint density at radius 1 is 1.14 bits per heavy atom. The number of rotatable bonds is 4. The van der Waals surface area contributed by atoms with E-state index in [-0.39, 0.29) is 7.21 Å². The second kappa shape index (κ2) is 8.11. The van der Waals surface area contributed by atoms with Crippen molar-refractivity contribution in [2.75, 3.05) is 18.0 Å². The Kier molecular flexibility index (Phi) is 5.40. The fraction of sp³-hybridized carbons (Fsp3) is 0.261. The molecule has 1 aliphatic rings. The van der Waals surface area contributed by atoms with Gasteiger partial charge in [-0.15, -0.1) is 0 Å². The van der Waals surface area contributed by atoms with Crippen molar-refractivity contribution >= 4 is 23.2 Å². The van der Waals surface area contributed by atoms with Crippen molar-refractivity contribution < 1.29 is 6.22 Å². The van der Waals surface area contributed by atoms with Crippen molar-refractivity contribution in [3.63, 3.8) is 0 Å². The number of aromatic nitrogens is 2. The predicted molar refractivity (Wildman–Crippen MR) is 114 cm³/mol. The molecule has 1 aliphatic heterocycles. The van der Waals surface area contributed by atoms with E-state index in [0.29, 0.717) is 17.2 Å². The van der Waals surface area contributed by atoms with Gasteiger partial charge in [0.15, 0.2) is 0 Å². The molecule has 4 nitrogen and oxygen atoms in total. The first-order valence-corrected chi connectivity index (χ1v) is 9.94. The Morgan fingerprint density at radius 3 is 2.82 bits per heavy atom. The number of ketones is 1. The van der Waals surface area contributed by atoms with E-state index in [2.05, 4.69) is 20.9 Å². The van der Waals surface area contributed by atoms with Gasteiger partial charge in [0.1, 0.15) is 11.5 Å². The molecule has 1 saturated heterocycles. The minimum absolute atomic E-state index is 0. The summed E-state index contributed by atoms with van der Waals surface area (Å²) in [6.45, 7) is 3.62. The Labute approximate surface area is 171 Å². The fourth-order valence-electron chi connectivity index (χ4n) is 3.83. The Morgan fingerprint density at radius 2 is 2.00 bits per heavy atom. The van der Waals surface area contributed by atoms with Crippen molar-refractivity contribution in [1.82, 2.24) is 9.97 Å². The molecule has 0 aliphatic carbocycles. The number of nitrogens with zero attached hydrogens (tertiary/aromatic N) is 3. The molecular formula is C23H24ClN3O. The van der Waals surface area contributed by atoms with Crippen LogP contribution in [0.1, 0.15) is 47.5 Å². The van der Waals surface area contributed by atoms with E-state index in [1.165, 1.54) is 5.56 Å². The lowest BCUT2D eigenvalue weighted by Gasteiger charge is -2.34. The number of carbonyl (C=O) groups is 1. The average molecular weight is 394 g/mol. The van der Waals surface area contributed by atoms with Crippen LogP contribution < -0.4 is 4.90 Å². The van der Waals surface area contributed by atoms with Crippen LogP contribution in [0.5, 0.6) is 0 Å². The summed E-state index contributed by atoms with van der Waals surface area (Å²) in [5.41, 5.74) is 2.96. The smallest absolute Gasteiger partial charge is 0.213 e. The van der Waals surface area contributed by atoms with Crippen LogP contribution in [0.25, 0.3) is 0 Å².